The van der Waals surface area contributed by atoms with E-state index in [0.717, 1.165) is 17.5 Å². The highest BCUT2D eigenvalue weighted by Gasteiger charge is 2.34. The van der Waals surface area contributed by atoms with E-state index in [1.54, 1.807) is 69.5 Å². The van der Waals surface area contributed by atoms with Crippen molar-refractivity contribution in [2.24, 2.45) is 5.92 Å². The lowest BCUT2D eigenvalue weighted by Gasteiger charge is -2.29. The number of hydrogen-bond donors (Lipinski definition) is 1. The number of carbonyl (C=O) groups is 2. The number of aryl methyl sites for hydroxylation is 1. The number of benzene rings is 2. The van der Waals surface area contributed by atoms with E-state index in [2.05, 4.69) is 5.32 Å². The van der Waals surface area contributed by atoms with Crippen molar-refractivity contribution in [3.8, 4) is 0 Å². The van der Waals surface area contributed by atoms with Gasteiger partial charge in [0.2, 0.25) is 5.91 Å². The average Bonchev–Trinajstić information content (AvgIpc) is 3.58. The number of nitrogens with one attached hydrogen (secondary N) is 1. The maximum atomic E-state index is 14.2. The van der Waals surface area contributed by atoms with E-state index in [1.807, 2.05) is 6.07 Å². The van der Waals surface area contributed by atoms with Crippen LogP contribution in [0.3, 0.4) is 0 Å². The van der Waals surface area contributed by atoms with Gasteiger partial charge in [0.15, 0.2) is 0 Å². The number of anilines is 1. The highest BCUT2D eigenvalue weighted by Crippen LogP contribution is 2.38. The molecule has 1 amide bonds. The summed E-state index contributed by atoms with van der Waals surface area (Å²) in [5.74, 6) is 0.114. The molecule has 2 aromatic heterocycles. The molecule has 2 heterocycles. The smallest absolute Gasteiger partial charge is 0.348 e. The van der Waals surface area contributed by atoms with E-state index < -0.39 is 22.0 Å². The summed E-state index contributed by atoms with van der Waals surface area (Å²) in [6.07, 6.45) is 3.55. The Morgan fingerprint density at radius 3 is 2.61 bits per heavy atom. The van der Waals surface area contributed by atoms with Gasteiger partial charge < -0.3 is 14.5 Å². The average molecular weight is 615 g/mol. The van der Waals surface area contributed by atoms with Crippen LogP contribution in [0.5, 0.6) is 0 Å². The van der Waals surface area contributed by atoms with E-state index in [9.17, 15) is 18.0 Å². The molecular weight excluding hydrogens is 584 g/mol. The summed E-state index contributed by atoms with van der Waals surface area (Å²) >= 11 is 7.70. The number of furan rings is 1. The fourth-order valence-corrected chi connectivity index (χ4v) is 7.67. The van der Waals surface area contributed by atoms with Crippen LogP contribution in [0.1, 0.15) is 59.3 Å². The van der Waals surface area contributed by atoms with Crippen molar-refractivity contribution in [1.29, 1.82) is 0 Å². The quantitative estimate of drug-likeness (QED) is 0.189. The molecule has 1 atom stereocenters. The van der Waals surface area contributed by atoms with Crippen molar-refractivity contribution < 1.29 is 27.2 Å². The van der Waals surface area contributed by atoms with Crippen LogP contribution in [0, 0.1) is 12.8 Å². The summed E-state index contributed by atoms with van der Waals surface area (Å²) in [5.41, 5.74) is 1.67. The van der Waals surface area contributed by atoms with Gasteiger partial charge in [0.1, 0.15) is 10.6 Å². The Bertz CT molecular complexity index is 1690. The summed E-state index contributed by atoms with van der Waals surface area (Å²) in [4.78, 5) is 25.9. The summed E-state index contributed by atoms with van der Waals surface area (Å²) in [6, 6.07) is 12.9. The van der Waals surface area contributed by atoms with E-state index in [1.165, 1.54) is 15.6 Å². The Kier molecular flexibility index (Phi) is 8.45. The molecule has 1 fully saturated rings. The SMILES string of the molecule is CCOC(=O)c1sc2ccc(S(=O)(=O)N(CC)c3ccc(Cl)cc3C(Cc3ccco3)NC(=O)C3CC3)cc2c1C. The number of carbonyl (C=O) groups excluding carboxylic acids is 2. The van der Waals surface area contributed by atoms with Crippen LogP contribution < -0.4 is 9.62 Å². The van der Waals surface area contributed by atoms with Gasteiger partial charge in [-0.25, -0.2) is 13.2 Å². The second-order valence-electron chi connectivity index (χ2n) is 9.93. The minimum atomic E-state index is -4.05. The van der Waals surface area contributed by atoms with Gasteiger partial charge in [0, 0.05) is 34.2 Å². The standard InChI is InChI=1S/C30H31ClN2O6S2/c1-4-33(41(36,37)22-11-13-27-23(17-22)18(3)28(40-27)30(35)38-5-2)26-12-10-20(31)15-24(26)25(16-21-7-6-14-39-21)32-29(34)19-8-9-19/h6-7,10-15,17,19,25H,4-5,8-9,16H2,1-3H3,(H,32,34). The maximum Gasteiger partial charge on any atom is 0.348 e. The summed E-state index contributed by atoms with van der Waals surface area (Å²) in [7, 11) is -4.05. The molecule has 1 aliphatic rings. The lowest BCUT2D eigenvalue weighted by Crippen LogP contribution is -2.35. The number of thiophene rings is 1. The molecule has 0 saturated heterocycles. The zero-order valence-corrected chi connectivity index (χ0v) is 25.4. The molecule has 4 aromatic rings. The normalized spacial score (nSPS) is 14.1. The van der Waals surface area contributed by atoms with Crippen LogP contribution in [-0.4, -0.2) is 33.4 Å². The van der Waals surface area contributed by atoms with Gasteiger partial charge in [-0.15, -0.1) is 11.3 Å². The molecule has 1 aliphatic carbocycles. The predicted octanol–water partition coefficient (Wildman–Crippen LogP) is 6.66. The monoisotopic (exact) mass is 614 g/mol. The maximum absolute atomic E-state index is 14.2. The van der Waals surface area contributed by atoms with Gasteiger partial charge >= 0.3 is 5.97 Å². The number of sulfonamides is 1. The minimum Gasteiger partial charge on any atom is -0.469 e. The highest BCUT2D eigenvalue weighted by molar-refractivity contribution is 7.92. The van der Waals surface area contributed by atoms with Gasteiger partial charge in [-0.3, -0.25) is 9.10 Å². The van der Waals surface area contributed by atoms with Crippen LogP contribution in [0.25, 0.3) is 10.1 Å². The number of amides is 1. The van der Waals surface area contributed by atoms with Crippen LogP contribution in [0.4, 0.5) is 5.69 Å². The number of esters is 1. The third kappa shape index (κ3) is 6.00. The first-order valence-electron chi connectivity index (χ1n) is 13.5. The molecule has 1 unspecified atom stereocenters. The van der Waals surface area contributed by atoms with Gasteiger partial charge in [-0.05, 0) is 93.1 Å². The first kappa shape index (κ1) is 29.2. The van der Waals surface area contributed by atoms with Gasteiger partial charge in [0.05, 0.1) is 29.5 Å². The first-order chi connectivity index (χ1) is 19.6. The molecule has 0 radical (unpaired) electrons. The Labute approximate surface area is 248 Å². The van der Waals surface area contributed by atoms with Crippen molar-refractivity contribution in [3.05, 3.63) is 81.6 Å². The number of rotatable bonds is 11. The predicted molar refractivity (Wildman–Crippen MR) is 160 cm³/mol. The fourth-order valence-electron chi connectivity index (χ4n) is 4.88. The molecule has 5 rings (SSSR count). The number of ether oxygens (including phenoxy) is 1. The molecule has 1 N–H and O–H groups in total. The van der Waals surface area contributed by atoms with E-state index >= 15 is 0 Å². The van der Waals surface area contributed by atoms with Gasteiger partial charge in [-0.1, -0.05) is 11.6 Å². The Balaban J connectivity index is 1.56. The molecule has 41 heavy (non-hydrogen) atoms. The molecule has 0 bridgehead atoms. The van der Waals surface area contributed by atoms with Gasteiger partial charge in [0.25, 0.3) is 10.0 Å². The summed E-state index contributed by atoms with van der Waals surface area (Å²) in [6.45, 7) is 5.68. The third-order valence-electron chi connectivity index (χ3n) is 7.13. The Morgan fingerprint density at radius 1 is 1.17 bits per heavy atom. The van der Waals surface area contributed by atoms with Crippen molar-refractivity contribution >= 4 is 60.6 Å². The number of halogens is 1. The zero-order chi connectivity index (χ0) is 29.3. The van der Waals surface area contributed by atoms with Crippen LogP contribution in [-0.2, 0) is 26.0 Å². The van der Waals surface area contributed by atoms with Crippen molar-refractivity contribution in [2.45, 2.75) is 51.0 Å². The van der Waals surface area contributed by atoms with Gasteiger partial charge in [-0.2, -0.15) is 0 Å². The zero-order valence-electron chi connectivity index (χ0n) is 23.0. The lowest BCUT2D eigenvalue weighted by atomic mass is 9.99. The minimum absolute atomic E-state index is 0.0391. The number of nitrogens with zero attached hydrogens (tertiary/aromatic N) is 1. The van der Waals surface area contributed by atoms with Crippen LogP contribution in [0.15, 0.2) is 64.1 Å². The first-order valence-corrected chi connectivity index (χ1v) is 16.1. The molecule has 8 nitrogen and oxygen atoms in total. The second kappa shape index (κ2) is 11.9. The van der Waals surface area contributed by atoms with Crippen molar-refractivity contribution in [1.82, 2.24) is 5.32 Å². The second-order valence-corrected chi connectivity index (χ2v) is 13.3. The van der Waals surface area contributed by atoms with Crippen LogP contribution in [0.2, 0.25) is 5.02 Å². The van der Waals surface area contributed by atoms with Crippen molar-refractivity contribution in [2.75, 3.05) is 17.5 Å². The molecule has 2 aromatic carbocycles. The number of hydrogen-bond acceptors (Lipinski definition) is 7. The molecular formula is C30H31ClN2O6S2. The number of fused-ring (bicyclic) bond motifs is 1. The molecule has 0 spiro atoms. The molecule has 0 aliphatic heterocycles. The lowest BCUT2D eigenvalue weighted by molar-refractivity contribution is -0.123. The largest absolute Gasteiger partial charge is 0.469 e. The molecule has 216 valence electrons. The van der Waals surface area contributed by atoms with Crippen LogP contribution >= 0.6 is 22.9 Å². The highest BCUT2D eigenvalue weighted by atomic mass is 35.5. The summed E-state index contributed by atoms with van der Waals surface area (Å²) in [5, 5.41) is 4.21. The Hall–Kier alpha value is -3.34. The van der Waals surface area contributed by atoms with E-state index in [-0.39, 0.29) is 29.9 Å². The van der Waals surface area contributed by atoms with E-state index in [4.69, 9.17) is 20.8 Å². The Morgan fingerprint density at radius 2 is 1.95 bits per heavy atom. The fraction of sp³-hybridized carbons (Fsp3) is 0.333. The molecule has 11 heteroatoms. The topological polar surface area (TPSA) is 106 Å². The molecule has 1 saturated carbocycles. The summed E-state index contributed by atoms with van der Waals surface area (Å²) < 4.78 is 41.2. The van der Waals surface area contributed by atoms with Crippen molar-refractivity contribution in [3.63, 3.8) is 0 Å². The third-order valence-corrected chi connectivity index (χ3v) is 10.5. The van der Waals surface area contributed by atoms with E-state index in [0.29, 0.717) is 44.3 Å².